The second-order valence-electron chi connectivity index (χ2n) is 4.88. The molecule has 0 unspecified atom stereocenters. The van der Waals surface area contributed by atoms with Gasteiger partial charge in [-0.3, -0.25) is 9.89 Å². The Morgan fingerprint density at radius 1 is 1.32 bits per heavy atom. The standard InChI is InChI=1S/C16H14FN3OS/c1-10(15-3-2-8-22-15)18-16(21)14-9-13(19-20-14)11-4-6-12(17)7-5-11/h2-10H,1H3,(H,18,21)(H,19,20)/t10-/m1/s1. The van der Waals surface area contributed by atoms with Gasteiger partial charge in [0, 0.05) is 10.4 Å². The lowest BCUT2D eigenvalue weighted by atomic mass is 10.1. The topological polar surface area (TPSA) is 57.8 Å². The number of nitrogens with zero attached hydrogens (tertiary/aromatic N) is 1. The predicted octanol–water partition coefficient (Wildman–Crippen LogP) is 3.77. The summed E-state index contributed by atoms with van der Waals surface area (Å²) in [6.45, 7) is 1.93. The van der Waals surface area contributed by atoms with Crippen molar-refractivity contribution in [3.8, 4) is 11.3 Å². The highest BCUT2D eigenvalue weighted by molar-refractivity contribution is 7.10. The van der Waals surface area contributed by atoms with Crippen molar-refractivity contribution >= 4 is 17.2 Å². The number of halogens is 1. The van der Waals surface area contributed by atoms with Crippen molar-refractivity contribution in [1.82, 2.24) is 15.5 Å². The molecule has 1 aromatic carbocycles. The summed E-state index contributed by atoms with van der Waals surface area (Å²) in [7, 11) is 0. The molecule has 6 heteroatoms. The summed E-state index contributed by atoms with van der Waals surface area (Å²) >= 11 is 1.60. The van der Waals surface area contributed by atoms with Gasteiger partial charge in [0.25, 0.3) is 5.91 Å². The van der Waals surface area contributed by atoms with Crippen LogP contribution in [0.3, 0.4) is 0 Å². The van der Waals surface area contributed by atoms with Crippen molar-refractivity contribution in [3.63, 3.8) is 0 Å². The molecule has 0 aliphatic rings. The predicted molar refractivity (Wildman–Crippen MR) is 84.2 cm³/mol. The first kappa shape index (κ1) is 14.5. The Morgan fingerprint density at radius 3 is 2.77 bits per heavy atom. The summed E-state index contributed by atoms with van der Waals surface area (Å²) in [5, 5.41) is 11.7. The van der Waals surface area contributed by atoms with E-state index in [1.165, 1.54) is 12.1 Å². The second-order valence-corrected chi connectivity index (χ2v) is 5.86. The minimum absolute atomic E-state index is 0.0647. The molecule has 0 fully saturated rings. The number of carbonyl (C=O) groups is 1. The van der Waals surface area contributed by atoms with E-state index in [-0.39, 0.29) is 17.8 Å². The van der Waals surface area contributed by atoms with Crippen LogP contribution in [0, 0.1) is 5.82 Å². The molecule has 0 aliphatic heterocycles. The maximum absolute atomic E-state index is 12.9. The van der Waals surface area contributed by atoms with Gasteiger partial charge >= 0.3 is 0 Å². The summed E-state index contributed by atoms with van der Waals surface area (Å²) < 4.78 is 12.9. The lowest BCUT2D eigenvalue weighted by Gasteiger charge is -2.10. The third-order valence-electron chi connectivity index (χ3n) is 3.28. The molecule has 0 aliphatic carbocycles. The molecule has 112 valence electrons. The number of amides is 1. The van der Waals surface area contributed by atoms with Crippen LogP contribution in [0.25, 0.3) is 11.3 Å². The van der Waals surface area contributed by atoms with Gasteiger partial charge in [0.15, 0.2) is 0 Å². The molecule has 1 amide bonds. The van der Waals surface area contributed by atoms with Gasteiger partial charge in [-0.25, -0.2) is 4.39 Å². The summed E-state index contributed by atoms with van der Waals surface area (Å²) in [6.07, 6.45) is 0. The van der Waals surface area contributed by atoms with Crippen LogP contribution >= 0.6 is 11.3 Å². The van der Waals surface area contributed by atoms with Gasteiger partial charge in [-0.15, -0.1) is 11.3 Å². The molecule has 0 saturated carbocycles. The van der Waals surface area contributed by atoms with Gasteiger partial charge in [-0.1, -0.05) is 6.07 Å². The van der Waals surface area contributed by atoms with Crippen LogP contribution in [0.2, 0.25) is 0 Å². The molecule has 0 spiro atoms. The van der Waals surface area contributed by atoms with Gasteiger partial charge in [-0.2, -0.15) is 5.10 Å². The Hall–Kier alpha value is -2.47. The first-order valence-electron chi connectivity index (χ1n) is 6.79. The molecule has 4 nitrogen and oxygen atoms in total. The van der Waals surface area contributed by atoms with Crippen molar-refractivity contribution in [3.05, 3.63) is 64.2 Å². The van der Waals surface area contributed by atoms with Crippen molar-refractivity contribution in [2.75, 3.05) is 0 Å². The molecule has 1 atom stereocenters. The molecule has 2 N–H and O–H groups in total. The minimum atomic E-state index is -0.304. The van der Waals surface area contributed by atoms with E-state index in [1.54, 1.807) is 29.5 Å². The van der Waals surface area contributed by atoms with E-state index in [1.807, 2.05) is 24.4 Å². The number of rotatable bonds is 4. The third-order valence-corrected chi connectivity index (χ3v) is 4.34. The SMILES string of the molecule is C[C@@H](NC(=O)c1cc(-c2ccc(F)cc2)n[nH]1)c1cccs1. The van der Waals surface area contributed by atoms with Gasteiger partial charge in [0.2, 0.25) is 0 Å². The molecular weight excluding hydrogens is 301 g/mol. The highest BCUT2D eigenvalue weighted by atomic mass is 32.1. The van der Waals surface area contributed by atoms with Crippen molar-refractivity contribution in [1.29, 1.82) is 0 Å². The molecule has 22 heavy (non-hydrogen) atoms. The van der Waals surface area contributed by atoms with Crippen LogP contribution in [0.5, 0.6) is 0 Å². The number of carbonyl (C=O) groups excluding carboxylic acids is 1. The number of benzene rings is 1. The Kier molecular flexibility index (Phi) is 4.02. The zero-order valence-corrected chi connectivity index (χ0v) is 12.7. The number of aromatic amines is 1. The zero-order chi connectivity index (χ0) is 15.5. The Balaban J connectivity index is 1.73. The number of hydrogen-bond donors (Lipinski definition) is 2. The van der Waals surface area contributed by atoms with E-state index in [9.17, 15) is 9.18 Å². The molecule has 2 aromatic heterocycles. The van der Waals surface area contributed by atoms with E-state index in [0.29, 0.717) is 11.4 Å². The lowest BCUT2D eigenvalue weighted by Crippen LogP contribution is -2.26. The molecule has 0 bridgehead atoms. The molecule has 0 saturated heterocycles. The number of nitrogens with one attached hydrogen (secondary N) is 2. The van der Waals surface area contributed by atoms with Crippen LogP contribution < -0.4 is 5.32 Å². The summed E-state index contributed by atoms with van der Waals surface area (Å²) in [4.78, 5) is 13.3. The second kappa shape index (κ2) is 6.11. The number of thiophene rings is 1. The first-order valence-corrected chi connectivity index (χ1v) is 7.67. The fourth-order valence-electron chi connectivity index (χ4n) is 2.09. The summed E-state index contributed by atoms with van der Waals surface area (Å²) in [5.41, 5.74) is 1.74. The minimum Gasteiger partial charge on any atom is -0.343 e. The van der Waals surface area contributed by atoms with Crippen LogP contribution in [0.1, 0.15) is 28.3 Å². The normalized spacial score (nSPS) is 12.1. The van der Waals surface area contributed by atoms with Crippen LogP contribution in [0.15, 0.2) is 47.8 Å². The lowest BCUT2D eigenvalue weighted by molar-refractivity contribution is 0.0935. The van der Waals surface area contributed by atoms with Crippen LogP contribution in [-0.4, -0.2) is 16.1 Å². The van der Waals surface area contributed by atoms with Crippen molar-refractivity contribution < 1.29 is 9.18 Å². The van der Waals surface area contributed by atoms with Gasteiger partial charge in [0.1, 0.15) is 11.5 Å². The molecule has 3 aromatic rings. The van der Waals surface area contributed by atoms with Gasteiger partial charge in [0.05, 0.1) is 11.7 Å². The smallest absolute Gasteiger partial charge is 0.269 e. The number of hydrogen-bond acceptors (Lipinski definition) is 3. The fourth-order valence-corrected chi connectivity index (χ4v) is 2.82. The summed E-state index contributed by atoms with van der Waals surface area (Å²) in [6, 6.07) is 11.5. The highest BCUT2D eigenvalue weighted by Gasteiger charge is 2.15. The van der Waals surface area contributed by atoms with Crippen molar-refractivity contribution in [2.24, 2.45) is 0 Å². The van der Waals surface area contributed by atoms with E-state index >= 15 is 0 Å². The van der Waals surface area contributed by atoms with E-state index in [4.69, 9.17) is 0 Å². The Labute approximate surface area is 131 Å². The number of aromatic nitrogens is 2. The van der Waals surface area contributed by atoms with Crippen LogP contribution in [-0.2, 0) is 0 Å². The Bertz CT molecular complexity index is 765. The summed E-state index contributed by atoms with van der Waals surface area (Å²) in [5.74, 6) is -0.524. The van der Waals surface area contributed by atoms with E-state index < -0.39 is 0 Å². The molecule has 3 rings (SSSR count). The highest BCUT2D eigenvalue weighted by Crippen LogP contribution is 2.20. The fraction of sp³-hybridized carbons (Fsp3) is 0.125. The van der Waals surface area contributed by atoms with Gasteiger partial charge in [-0.05, 0) is 48.7 Å². The maximum atomic E-state index is 12.9. The van der Waals surface area contributed by atoms with Crippen molar-refractivity contribution in [2.45, 2.75) is 13.0 Å². The monoisotopic (exact) mass is 315 g/mol. The maximum Gasteiger partial charge on any atom is 0.269 e. The third kappa shape index (κ3) is 3.07. The zero-order valence-electron chi connectivity index (χ0n) is 11.8. The average Bonchev–Trinajstić information content (AvgIpc) is 3.20. The quantitative estimate of drug-likeness (QED) is 0.770. The molecular formula is C16H14FN3OS. The largest absolute Gasteiger partial charge is 0.343 e. The molecule has 2 heterocycles. The number of H-pyrrole nitrogens is 1. The van der Waals surface area contributed by atoms with Crippen LogP contribution in [0.4, 0.5) is 4.39 Å². The Morgan fingerprint density at radius 2 is 2.09 bits per heavy atom. The van der Waals surface area contributed by atoms with E-state index in [0.717, 1.165) is 10.4 Å². The van der Waals surface area contributed by atoms with Gasteiger partial charge < -0.3 is 5.32 Å². The van der Waals surface area contributed by atoms with E-state index in [2.05, 4.69) is 15.5 Å². The first-order chi connectivity index (χ1) is 10.6. The average molecular weight is 315 g/mol. The molecule has 0 radical (unpaired) electrons.